The van der Waals surface area contributed by atoms with Crippen molar-refractivity contribution in [2.45, 2.75) is 6.92 Å². The van der Waals surface area contributed by atoms with Crippen molar-refractivity contribution >= 4 is 21.8 Å². The number of ether oxygens (including phenoxy) is 1. The maximum absolute atomic E-state index is 11.9. The van der Waals surface area contributed by atoms with Crippen LogP contribution in [-0.2, 0) is 4.79 Å². The van der Waals surface area contributed by atoms with E-state index in [0.29, 0.717) is 0 Å². The molecule has 1 aliphatic rings. The van der Waals surface area contributed by atoms with Gasteiger partial charge in [0, 0.05) is 30.7 Å². The van der Waals surface area contributed by atoms with Crippen LogP contribution in [0.25, 0.3) is 0 Å². The summed E-state index contributed by atoms with van der Waals surface area (Å²) >= 11 is 3.40. The number of rotatable bonds is 3. The molecular formula is C13H17BrN2O2. The number of benzene rings is 1. The summed E-state index contributed by atoms with van der Waals surface area (Å²) in [5, 5.41) is 3.22. The number of nitrogens with one attached hydrogen (secondary N) is 1. The van der Waals surface area contributed by atoms with Gasteiger partial charge in [-0.3, -0.25) is 4.79 Å². The van der Waals surface area contributed by atoms with E-state index in [4.69, 9.17) is 4.74 Å². The Balaban J connectivity index is 1.90. The Morgan fingerprint density at radius 2 is 2.17 bits per heavy atom. The predicted octanol–water partition coefficient (Wildman–Crippen LogP) is 1.57. The van der Waals surface area contributed by atoms with Gasteiger partial charge in [-0.1, -0.05) is 22.0 Å². The first-order valence-electron chi connectivity index (χ1n) is 6.04. The average molecular weight is 313 g/mol. The molecule has 0 radical (unpaired) electrons. The third-order valence-electron chi connectivity index (χ3n) is 2.97. The predicted molar refractivity (Wildman–Crippen MR) is 73.8 cm³/mol. The zero-order valence-electron chi connectivity index (χ0n) is 10.4. The molecule has 2 rings (SSSR count). The molecule has 0 saturated carbocycles. The molecular weight excluding hydrogens is 296 g/mol. The molecule has 1 amide bonds. The van der Waals surface area contributed by atoms with Gasteiger partial charge >= 0.3 is 0 Å². The first-order valence-corrected chi connectivity index (χ1v) is 6.83. The highest BCUT2D eigenvalue weighted by molar-refractivity contribution is 9.10. The van der Waals surface area contributed by atoms with Crippen LogP contribution in [0.15, 0.2) is 22.7 Å². The zero-order chi connectivity index (χ0) is 13.0. The number of carbonyl (C=O) groups excluding carboxylic acids is 1. The maximum Gasteiger partial charge on any atom is 0.260 e. The fourth-order valence-electron chi connectivity index (χ4n) is 1.87. The van der Waals surface area contributed by atoms with Gasteiger partial charge in [0.1, 0.15) is 5.75 Å². The lowest BCUT2D eigenvalue weighted by atomic mass is 10.2. The molecule has 0 bridgehead atoms. The molecule has 1 aromatic rings. The first kappa shape index (κ1) is 13.4. The Labute approximate surface area is 115 Å². The van der Waals surface area contributed by atoms with Crippen LogP contribution in [0.5, 0.6) is 5.75 Å². The Morgan fingerprint density at radius 1 is 1.44 bits per heavy atom. The van der Waals surface area contributed by atoms with Crippen molar-refractivity contribution in [3.05, 3.63) is 28.2 Å². The number of nitrogens with zero attached hydrogens (tertiary/aromatic N) is 1. The summed E-state index contributed by atoms with van der Waals surface area (Å²) in [6.45, 7) is 5.33. The quantitative estimate of drug-likeness (QED) is 0.921. The van der Waals surface area contributed by atoms with Crippen molar-refractivity contribution in [1.29, 1.82) is 0 Å². The first-order chi connectivity index (χ1) is 8.66. The van der Waals surface area contributed by atoms with E-state index in [1.54, 1.807) is 0 Å². The second-order valence-corrected chi connectivity index (χ2v) is 5.24. The van der Waals surface area contributed by atoms with Gasteiger partial charge in [-0.2, -0.15) is 0 Å². The lowest BCUT2D eigenvalue weighted by molar-refractivity contribution is -0.133. The second-order valence-electron chi connectivity index (χ2n) is 4.33. The number of halogens is 1. The van der Waals surface area contributed by atoms with Crippen molar-refractivity contribution in [1.82, 2.24) is 10.2 Å². The van der Waals surface area contributed by atoms with Gasteiger partial charge < -0.3 is 15.0 Å². The molecule has 0 aromatic heterocycles. The molecule has 1 aliphatic heterocycles. The maximum atomic E-state index is 11.9. The number of carbonyl (C=O) groups is 1. The van der Waals surface area contributed by atoms with Gasteiger partial charge in [-0.05, 0) is 24.6 Å². The summed E-state index contributed by atoms with van der Waals surface area (Å²) in [5.41, 5.74) is 1.03. The second kappa shape index (κ2) is 6.20. The van der Waals surface area contributed by atoms with Crippen molar-refractivity contribution in [3.63, 3.8) is 0 Å². The largest absolute Gasteiger partial charge is 0.483 e. The van der Waals surface area contributed by atoms with E-state index in [9.17, 15) is 4.79 Å². The number of aryl methyl sites for hydroxylation is 1. The molecule has 0 unspecified atom stereocenters. The number of piperazine rings is 1. The Kier molecular flexibility index (Phi) is 4.60. The van der Waals surface area contributed by atoms with E-state index >= 15 is 0 Å². The third kappa shape index (κ3) is 3.46. The summed E-state index contributed by atoms with van der Waals surface area (Å²) < 4.78 is 6.55. The van der Waals surface area contributed by atoms with Crippen molar-refractivity contribution in [3.8, 4) is 5.75 Å². The van der Waals surface area contributed by atoms with E-state index in [1.807, 2.05) is 30.0 Å². The van der Waals surface area contributed by atoms with E-state index < -0.39 is 0 Å². The fraction of sp³-hybridized carbons (Fsp3) is 0.462. The molecule has 0 spiro atoms. The van der Waals surface area contributed by atoms with E-state index in [1.165, 1.54) is 0 Å². The minimum Gasteiger partial charge on any atom is -0.483 e. The zero-order valence-corrected chi connectivity index (χ0v) is 12.0. The van der Waals surface area contributed by atoms with Crippen LogP contribution < -0.4 is 10.1 Å². The van der Waals surface area contributed by atoms with Crippen LogP contribution >= 0.6 is 15.9 Å². The van der Waals surface area contributed by atoms with Crippen LogP contribution in [0.1, 0.15) is 5.56 Å². The molecule has 1 aromatic carbocycles. The minimum atomic E-state index is 0.0517. The fourth-order valence-corrected chi connectivity index (χ4v) is 2.21. The van der Waals surface area contributed by atoms with Crippen LogP contribution in [-0.4, -0.2) is 43.6 Å². The standard InChI is InChI=1S/C13H17BrN2O2/c1-10-2-3-11(14)8-12(10)18-9-13(17)16-6-4-15-5-7-16/h2-3,8,15H,4-7,9H2,1H3. The molecule has 98 valence electrons. The van der Waals surface area contributed by atoms with Crippen LogP contribution in [0, 0.1) is 6.92 Å². The highest BCUT2D eigenvalue weighted by Crippen LogP contribution is 2.22. The van der Waals surface area contributed by atoms with E-state index in [0.717, 1.165) is 42.0 Å². The van der Waals surface area contributed by atoms with Gasteiger partial charge in [0.25, 0.3) is 5.91 Å². The smallest absolute Gasteiger partial charge is 0.260 e. The summed E-state index contributed by atoms with van der Waals surface area (Å²) in [6.07, 6.45) is 0. The normalized spacial score (nSPS) is 15.6. The lowest BCUT2D eigenvalue weighted by Gasteiger charge is -2.27. The number of hydrogen-bond acceptors (Lipinski definition) is 3. The number of hydrogen-bond donors (Lipinski definition) is 1. The highest BCUT2D eigenvalue weighted by atomic mass is 79.9. The monoisotopic (exact) mass is 312 g/mol. The molecule has 0 atom stereocenters. The molecule has 18 heavy (non-hydrogen) atoms. The molecule has 1 fully saturated rings. The van der Waals surface area contributed by atoms with Gasteiger partial charge in [0.15, 0.2) is 6.61 Å². The third-order valence-corrected chi connectivity index (χ3v) is 3.46. The SMILES string of the molecule is Cc1ccc(Br)cc1OCC(=O)N1CCNCC1. The minimum absolute atomic E-state index is 0.0517. The Hall–Kier alpha value is -1.07. The summed E-state index contributed by atoms with van der Waals surface area (Å²) in [4.78, 5) is 13.8. The molecule has 5 heteroatoms. The Morgan fingerprint density at radius 3 is 2.89 bits per heavy atom. The van der Waals surface area contributed by atoms with Crippen LogP contribution in [0.3, 0.4) is 0 Å². The number of amides is 1. The van der Waals surface area contributed by atoms with Gasteiger partial charge in [-0.25, -0.2) is 0 Å². The molecule has 1 saturated heterocycles. The summed E-state index contributed by atoms with van der Waals surface area (Å²) in [5.74, 6) is 0.809. The van der Waals surface area contributed by atoms with Gasteiger partial charge in [-0.15, -0.1) is 0 Å². The molecule has 1 heterocycles. The Bertz CT molecular complexity index is 431. The molecule has 1 N–H and O–H groups in total. The highest BCUT2D eigenvalue weighted by Gasteiger charge is 2.16. The van der Waals surface area contributed by atoms with Crippen molar-refractivity contribution < 1.29 is 9.53 Å². The van der Waals surface area contributed by atoms with E-state index in [-0.39, 0.29) is 12.5 Å². The summed E-state index contributed by atoms with van der Waals surface area (Å²) in [7, 11) is 0. The van der Waals surface area contributed by atoms with Gasteiger partial charge in [0.2, 0.25) is 0 Å². The molecule has 0 aliphatic carbocycles. The van der Waals surface area contributed by atoms with Crippen molar-refractivity contribution in [2.24, 2.45) is 0 Å². The van der Waals surface area contributed by atoms with Gasteiger partial charge in [0.05, 0.1) is 0 Å². The topological polar surface area (TPSA) is 41.6 Å². The van der Waals surface area contributed by atoms with Crippen LogP contribution in [0.4, 0.5) is 0 Å². The lowest BCUT2D eigenvalue weighted by Crippen LogP contribution is -2.47. The van der Waals surface area contributed by atoms with Crippen molar-refractivity contribution in [2.75, 3.05) is 32.8 Å². The summed E-state index contributed by atoms with van der Waals surface area (Å²) in [6, 6.07) is 5.81. The van der Waals surface area contributed by atoms with Crippen LogP contribution in [0.2, 0.25) is 0 Å². The molecule has 4 nitrogen and oxygen atoms in total. The average Bonchev–Trinajstić information content (AvgIpc) is 2.40. The van der Waals surface area contributed by atoms with E-state index in [2.05, 4.69) is 21.2 Å².